The van der Waals surface area contributed by atoms with Crippen LogP contribution in [0.2, 0.25) is 0 Å². The largest absolute Gasteiger partial charge is 0.523 e. The fraction of sp³-hybridized carbons (Fsp3) is 0.632. The Balaban J connectivity index is 2.54. The summed E-state index contributed by atoms with van der Waals surface area (Å²) in [6, 6.07) is 6.49. The van der Waals surface area contributed by atoms with Crippen LogP contribution >= 0.6 is 0 Å². The second-order valence-electron chi connectivity index (χ2n) is 7.09. The Bertz CT molecular complexity index is 725. The lowest BCUT2D eigenvalue weighted by Gasteiger charge is -2.26. The van der Waals surface area contributed by atoms with E-state index in [0.29, 0.717) is 17.7 Å². The third-order valence-corrected chi connectivity index (χ3v) is 5.10. The van der Waals surface area contributed by atoms with Crippen LogP contribution in [0.3, 0.4) is 0 Å². The van der Waals surface area contributed by atoms with Gasteiger partial charge in [-0.05, 0) is 44.5 Å². The van der Waals surface area contributed by atoms with Crippen molar-refractivity contribution in [2.75, 3.05) is 6.61 Å². The van der Waals surface area contributed by atoms with Crippen molar-refractivity contribution in [1.82, 2.24) is 0 Å². The van der Waals surface area contributed by atoms with E-state index in [4.69, 9.17) is 4.74 Å². The zero-order valence-electron chi connectivity index (χ0n) is 16.3. The van der Waals surface area contributed by atoms with Gasteiger partial charge in [0, 0.05) is 18.4 Å². The van der Waals surface area contributed by atoms with Crippen LogP contribution in [-0.2, 0) is 14.3 Å². The van der Waals surface area contributed by atoms with E-state index in [9.17, 15) is 26.4 Å². The third kappa shape index (κ3) is 8.18. The number of alkyl halides is 3. The van der Waals surface area contributed by atoms with Crippen LogP contribution in [0.25, 0.3) is 0 Å². The smallest absolute Gasteiger partial charge is 0.488 e. The molecule has 0 saturated heterocycles. The van der Waals surface area contributed by atoms with E-state index in [-0.39, 0.29) is 12.2 Å². The molecule has 0 spiro atoms. The molecule has 0 heterocycles. The standard InChI is InChI=1S/C19H27F3O5S/c1-4-5-6-7-8-17(23)15-9-11-16(12-10-15)27-18(2,3)13-14-26-28(24,25)19(20,21)22/h9-12H,4-8,13-14H2,1-3H3. The molecule has 0 fully saturated rings. The maximum atomic E-state index is 12.2. The molecule has 0 aliphatic carbocycles. The van der Waals surface area contributed by atoms with Gasteiger partial charge in [0.25, 0.3) is 0 Å². The SMILES string of the molecule is CCCCCCC(=O)c1ccc(OC(C)(C)CCOS(=O)(=O)C(F)(F)F)cc1. The van der Waals surface area contributed by atoms with Gasteiger partial charge in [-0.25, -0.2) is 0 Å². The number of carbonyl (C=O) groups is 1. The van der Waals surface area contributed by atoms with Crippen molar-refractivity contribution in [3.63, 3.8) is 0 Å². The first-order valence-corrected chi connectivity index (χ1v) is 10.6. The van der Waals surface area contributed by atoms with E-state index >= 15 is 0 Å². The highest BCUT2D eigenvalue weighted by Crippen LogP contribution is 2.26. The Morgan fingerprint density at radius 3 is 2.18 bits per heavy atom. The average molecular weight is 424 g/mol. The van der Waals surface area contributed by atoms with Crippen molar-refractivity contribution in [3.05, 3.63) is 29.8 Å². The number of hydrogen-bond donors (Lipinski definition) is 0. The van der Waals surface area contributed by atoms with Crippen LogP contribution in [0.1, 0.15) is 69.7 Å². The Morgan fingerprint density at radius 2 is 1.64 bits per heavy atom. The molecule has 0 aliphatic heterocycles. The quantitative estimate of drug-likeness (QED) is 0.198. The minimum atomic E-state index is -5.61. The van der Waals surface area contributed by atoms with Crippen LogP contribution < -0.4 is 4.74 Å². The zero-order valence-corrected chi connectivity index (χ0v) is 17.2. The Labute approximate surface area is 164 Å². The van der Waals surface area contributed by atoms with Gasteiger partial charge in [-0.15, -0.1) is 0 Å². The number of rotatable bonds is 12. The van der Waals surface area contributed by atoms with Gasteiger partial charge in [0.15, 0.2) is 5.78 Å². The van der Waals surface area contributed by atoms with E-state index in [1.807, 2.05) is 0 Å². The molecule has 0 saturated carbocycles. The van der Waals surface area contributed by atoms with E-state index in [1.54, 1.807) is 38.1 Å². The summed E-state index contributed by atoms with van der Waals surface area (Å²) in [5.41, 5.74) is -5.84. The molecule has 0 aliphatic rings. The van der Waals surface area contributed by atoms with Gasteiger partial charge < -0.3 is 4.74 Å². The van der Waals surface area contributed by atoms with E-state index in [0.717, 1.165) is 25.7 Å². The monoisotopic (exact) mass is 424 g/mol. The molecule has 1 aromatic carbocycles. The van der Waals surface area contributed by atoms with Crippen molar-refractivity contribution in [2.24, 2.45) is 0 Å². The molecule has 5 nitrogen and oxygen atoms in total. The summed E-state index contributed by atoms with van der Waals surface area (Å²) in [5, 5.41) is 0. The number of hydrogen-bond acceptors (Lipinski definition) is 5. The first-order valence-electron chi connectivity index (χ1n) is 9.16. The summed E-state index contributed by atoms with van der Waals surface area (Å²) in [5.74, 6) is 0.471. The predicted molar refractivity (Wildman–Crippen MR) is 99.8 cm³/mol. The number of Topliss-reactive ketones (excluding diaryl/α,β-unsaturated/α-hetero) is 1. The van der Waals surface area contributed by atoms with Crippen molar-refractivity contribution in [3.8, 4) is 5.75 Å². The van der Waals surface area contributed by atoms with Crippen LogP contribution in [-0.4, -0.2) is 31.9 Å². The maximum Gasteiger partial charge on any atom is 0.523 e. The van der Waals surface area contributed by atoms with Gasteiger partial charge in [-0.2, -0.15) is 21.6 Å². The van der Waals surface area contributed by atoms with Crippen LogP contribution in [0.15, 0.2) is 24.3 Å². The number of unbranched alkanes of at least 4 members (excludes halogenated alkanes) is 3. The molecule has 0 amide bonds. The normalized spacial score (nSPS) is 12.8. The van der Waals surface area contributed by atoms with Crippen molar-refractivity contribution in [2.45, 2.75) is 70.4 Å². The van der Waals surface area contributed by atoms with Gasteiger partial charge in [-0.3, -0.25) is 8.98 Å². The lowest BCUT2D eigenvalue weighted by molar-refractivity contribution is -0.0553. The molecular weight excluding hydrogens is 397 g/mol. The number of benzene rings is 1. The Hall–Kier alpha value is -1.61. The van der Waals surface area contributed by atoms with Gasteiger partial charge in [0.2, 0.25) is 0 Å². The fourth-order valence-electron chi connectivity index (χ4n) is 2.40. The van der Waals surface area contributed by atoms with Gasteiger partial charge in [-0.1, -0.05) is 26.2 Å². The molecule has 0 radical (unpaired) electrons. The summed E-state index contributed by atoms with van der Waals surface area (Å²) in [4.78, 5) is 12.1. The number of ether oxygens (including phenoxy) is 1. The van der Waals surface area contributed by atoms with Crippen LogP contribution in [0, 0.1) is 0 Å². The molecule has 9 heteroatoms. The van der Waals surface area contributed by atoms with Gasteiger partial charge in [0.1, 0.15) is 11.4 Å². The van der Waals surface area contributed by atoms with Crippen molar-refractivity contribution >= 4 is 15.9 Å². The van der Waals surface area contributed by atoms with E-state index in [2.05, 4.69) is 11.1 Å². The lowest BCUT2D eigenvalue weighted by Crippen LogP contribution is -2.32. The molecule has 1 aromatic rings. The third-order valence-electron chi connectivity index (χ3n) is 4.05. The van der Waals surface area contributed by atoms with Gasteiger partial charge in [0.05, 0.1) is 6.61 Å². The maximum absolute atomic E-state index is 12.2. The molecule has 0 atom stereocenters. The predicted octanol–water partition coefficient (Wildman–Crippen LogP) is 5.25. The van der Waals surface area contributed by atoms with Gasteiger partial charge >= 0.3 is 15.6 Å². The molecule has 0 N–H and O–H groups in total. The first kappa shape index (κ1) is 24.4. The molecule has 28 heavy (non-hydrogen) atoms. The highest BCUT2D eigenvalue weighted by molar-refractivity contribution is 7.87. The second kappa shape index (κ2) is 10.2. The molecule has 0 bridgehead atoms. The minimum Gasteiger partial charge on any atom is -0.488 e. The number of ketones is 1. The highest BCUT2D eigenvalue weighted by Gasteiger charge is 2.47. The average Bonchev–Trinajstić information content (AvgIpc) is 2.57. The Kier molecular flexibility index (Phi) is 8.94. The molecule has 1 rings (SSSR count). The topological polar surface area (TPSA) is 69.7 Å². The summed E-state index contributed by atoms with van der Waals surface area (Å²) < 4.78 is 68.2. The van der Waals surface area contributed by atoms with Crippen molar-refractivity contribution in [1.29, 1.82) is 0 Å². The Morgan fingerprint density at radius 1 is 1.04 bits per heavy atom. The number of carbonyl (C=O) groups excluding carboxylic acids is 1. The minimum absolute atomic E-state index is 0.0488. The lowest BCUT2D eigenvalue weighted by atomic mass is 10.0. The summed E-state index contributed by atoms with van der Waals surface area (Å²) >= 11 is 0. The van der Waals surface area contributed by atoms with E-state index < -0.39 is 27.8 Å². The summed E-state index contributed by atoms with van der Waals surface area (Å²) in [6.45, 7) is 4.64. The van der Waals surface area contributed by atoms with Crippen LogP contribution in [0.4, 0.5) is 13.2 Å². The second-order valence-corrected chi connectivity index (χ2v) is 8.70. The summed E-state index contributed by atoms with van der Waals surface area (Å²) in [7, 11) is -5.61. The van der Waals surface area contributed by atoms with E-state index in [1.165, 1.54) is 0 Å². The highest BCUT2D eigenvalue weighted by atomic mass is 32.2. The summed E-state index contributed by atoms with van der Waals surface area (Å²) in [6.07, 6.45) is 4.46. The zero-order chi connectivity index (χ0) is 21.4. The number of halogens is 3. The van der Waals surface area contributed by atoms with Crippen LogP contribution in [0.5, 0.6) is 5.75 Å². The molecule has 160 valence electrons. The fourth-order valence-corrected chi connectivity index (χ4v) is 2.84. The molecule has 0 aromatic heterocycles. The first-order chi connectivity index (χ1) is 12.9. The van der Waals surface area contributed by atoms with Crippen molar-refractivity contribution < 1.29 is 35.3 Å². The molecule has 0 unspecified atom stereocenters. The molecular formula is C19H27F3O5S.